The van der Waals surface area contributed by atoms with E-state index in [2.05, 4.69) is 36.8 Å². The number of nitrogens with one attached hydrogen (secondary N) is 1. The van der Waals surface area contributed by atoms with Crippen molar-refractivity contribution in [3.05, 3.63) is 30.1 Å². The monoisotopic (exact) mass is 276 g/mol. The third kappa shape index (κ3) is 2.46. The summed E-state index contributed by atoms with van der Waals surface area (Å²) in [5.41, 5.74) is 2.21. The maximum absolute atomic E-state index is 5.61. The smallest absolute Gasteiger partial charge is 0.0948 e. The Labute approximate surface area is 117 Å². The molecule has 0 radical (unpaired) electrons. The van der Waals surface area contributed by atoms with Crippen molar-refractivity contribution in [1.82, 2.24) is 29.9 Å². The molecular weight excluding hydrogens is 256 g/mol. The van der Waals surface area contributed by atoms with Crippen molar-refractivity contribution >= 4 is 0 Å². The van der Waals surface area contributed by atoms with Gasteiger partial charge in [-0.3, -0.25) is 4.90 Å². The third-order valence-electron chi connectivity index (χ3n) is 3.98. The van der Waals surface area contributed by atoms with Crippen LogP contribution in [0.2, 0.25) is 0 Å². The van der Waals surface area contributed by atoms with Gasteiger partial charge < -0.3 is 9.30 Å². The second kappa shape index (κ2) is 5.72. The van der Waals surface area contributed by atoms with Crippen LogP contribution in [0, 0.1) is 0 Å². The number of H-pyrrole nitrogens is 1. The van der Waals surface area contributed by atoms with Gasteiger partial charge in [0.05, 0.1) is 30.0 Å². The quantitative estimate of drug-likeness (QED) is 0.867. The molecule has 0 aliphatic carbocycles. The number of rotatable bonds is 5. The molecule has 7 nitrogen and oxygen atoms in total. The highest BCUT2D eigenvalue weighted by atomic mass is 16.5. The summed E-state index contributed by atoms with van der Waals surface area (Å²) in [5, 5.41) is 10.8. The van der Waals surface area contributed by atoms with Crippen LogP contribution < -0.4 is 0 Å². The first-order valence-electron chi connectivity index (χ1n) is 6.91. The molecular formula is C13H20N6O. The van der Waals surface area contributed by atoms with Crippen molar-refractivity contribution in [2.75, 3.05) is 20.2 Å². The molecule has 0 aromatic carbocycles. The van der Waals surface area contributed by atoms with E-state index in [4.69, 9.17) is 4.74 Å². The summed E-state index contributed by atoms with van der Waals surface area (Å²) in [5.74, 6) is 0.275. The van der Waals surface area contributed by atoms with Gasteiger partial charge in [0.15, 0.2) is 0 Å². The second-order valence-electron chi connectivity index (χ2n) is 5.14. The van der Waals surface area contributed by atoms with E-state index in [9.17, 15) is 0 Å². The average molecular weight is 276 g/mol. The highest BCUT2D eigenvalue weighted by Crippen LogP contribution is 2.28. The first kappa shape index (κ1) is 13.3. The summed E-state index contributed by atoms with van der Waals surface area (Å²) >= 11 is 0. The first-order chi connectivity index (χ1) is 9.81. The van der Waals surface area contributed by atoms with Crippen LogP contribution in [-0.2, 0) is 17.8 Å². The van der Waals surface area contributed by atoms with Gasteiger partial charge in [-0.1, -0.05) is 0 Å². The molecule has 0 spiro atoms. The first-order valence-corrected chi connectivity index (χ1v) is 6.91. The number of hydrogen-bond donors (Lipinski definition) is 1. The highest BCUT2D eigenvalue weighted by Gasteiger charge is 2.35. The minimum atomic E-state index is 0.165. The zero-order chi connectivity index (χ0) is 13.9. The van der Waals surface area contributed by atoms with Crippen LogP contribution in [0.5, 0.6) is 0 Å². The largest absolute Gasteiger partial charge is 0.379 e. The van der Waals surface area contributed by atoms with Crippen LogP contribution in [0.3, 0.4) is 0 Å². The van der Waals surface area contributed by atoms with Gasteiger partial charge in [0, 0.05) is 45.4 Å². The fraction of sp³-hybridized carbons (Fsp3) is 0.615. The van der Waals surface area contributed by atoms with E-state index < -0.39 is 0 Å². The van der Waals surface area contributed by atoms with Gasteiger partial charge >= 0.3 is 0 Å². The van der Waals surface area contributed by atoms with E-state index in [-0.39, 0.29) is 12.0 Å². The van der Waals surface area contributed by atoms with Gasteiger partial charge in [-0.15, -0.1) is 0 Å². The molecule has 1 aliphatic rings. The lowest BCUT2D eigenvalue weighted by Crippen LogP contribution is -2.23. The molecule has 2 aromatic heterocycles. The molecule has 0 bridgehead atoms. The second-order valence-corrected chi connectivity index (χ2v) is 5.14. The fourth-order valence-corrected chi connectivity index (χ4v) is 2.89. The molecule has 108 valence electrons. The van der Waals surface area contributed by atoms with E-state index in [1.54, 1.807) is 13.3 Å². The number of aromatic amines is 1. The summed E-state index contributed by atoms with van der Waals surface area (Å²) in [4.78, 5) is 6.61. The number of aromatic nitrogens is 5. The lowest BCUT2D eigenvalue weighted by atomic mass is 10.0. The van der Waals surface area contributed by atoms with Gasteiger partial charge in [-0.05, 0) is 6.92 Å². The van der Waals surface area contributed by atoms with Crippen molar-refractivity contribution in [3.63, 3.8) is 0 Å². The van der Waals surface area contributed by atoms with Crippen molar-refractivity contribution < 1.29 is 4.74 Å². The Hall–Kier alpha value is -1.73. The summed E-state index contributed by atoms with van der Waals surface area (Å²) < 4.78 is 7.78. The van der Waals surface area contributed by atoms with Crippen LogP contribution in [0.25, 0.3) is 0 Å². The predicted octanol–water partition coefficient (Wildman–Crippen LogP) is 0.635. The molecule has 1 saturated heterocycles. The zero-order valence-corrected chi connectivity index (χ0v) is 11.9. The summed E-state index contributed by atoms with van der Waals surface area (Å²) in [6.45, 7) is 5.81. The van der Waals surface area contributed by atoms with E-state index in [1.807, 2.05) is 12.5 Å². The van der Waals surface area contributed by atoms with E-state index in [1.165, 1.54) is 5.69 Å². The molecule has 20 heavy (non-hydrogen) atoms. The van der Waals surface area contributed by atoms with Gasteiger partial charge in [0.2, 0.25) is 0 Å². The van der Waals surface area contributed by atoms with E-state index in [0.717, 1.165) is 31.9 Å². The maximum Gasteiger partial charge on any atom is 0.0948 e. The molecule has 2 atom stereocenters. The Morgan fingerprint density at radius 3 is 3.00 bits per heavy atom. The van der Waals surface area contributed by atoms with Crippen LogP contribution in [-0.4, -0.2) is 56.2 Å². The van der Waals surface area contributed by atoms with Crippen molar-refractivity contribution in [2.45, 2.75) is 32.0 Å². The summed E-state index contributed by atoms with van der Waals surface area (Å²) in [6, 6.07) is 0. The Kier molecular flexibility index (Phi) is 3.79. The van der Waals surface area contributed by atoms with Crippen LogP contribution >= 0.6 is 0 Å². The van der Waals surface area contributed by atoms with Crippen molar-refractivity contribution in [1.29, 1.82) is 0 Å². The van der Waals surface area contributed by atoms with Gasteiger partial charge in [-0.25, -0.2) is 4.98 Å². The molecule has 0 amide bonds. The average Bonchev–Trinajstić information content (AvgIpc) is 3.18. The molecule has 7 heteroatoms. The number of nitrogens with zero attached hydrogens (tertiary/aromatic N) is 5. The van der Waals surface area contributed by atoms with Crippen molar-refractivity contribution in [2.24, 2.45) is 0 Å². The number of likely N-dealkylation sites (tertiary alicyclic amines) is 1. The Morgan fingerprint density at radius 2 is 2.30 bits per heavy atom. The van der Waals surface area contributed by atoms with E-state index in [0.29, 0.717) is 0 Å². The lowest BCUT2D eigenvalue weighted by molar-refractivity contribution is 0.0955. The molecule has 3 heterocycles. The van der Waals surface area contributed by atoms with Gasteiger partial charge in [0.25, 0.3) is 0 Å². The van der Waals surface area contributed by atoms with Crippen molar-refractivity contribution in [3.8, 4) is 0 Å². The fourth-order valence-electron chi connectivity index (χ4n) is 2.89. The number of hydrogen-bond acceptors (Lipinski definition) is 5. The van der Waals surface area contributed by atoms with Crippen LogP contribution in [0.4, 0.5) is 0 Å². The summed E-state index contributed by atoms with van der Waals surface area (Å²) in [7, 11) is 1.76. The third-order valence-corrected chi connectivity index (χ3v) is 3.98. The Morgan fingerprint density at radius 1 is 1.40 bits per heavy atom. The number of ether oxygens (including phenoxy) is 1. The standard InChI is InChI=1S/C13H20N6O/c1-3-19-9-14-4-10(19)6-18-7-11(13(8-18)20-2)12-5-15-17-16-12/h4-5,9,11,13H,3,6-8H2,1-2H3,(H,15,16,17)/t11-,13+/m0/s1. The molecule has 1 aliphatic heterocycles. The van der Waals surface area contributed by atoms with Crippen LogP contribution in [0.1, 0.15) is 24.2 Å². The highest BCUT2D eigenvalue weighted by molar-refractivity contribution is 5.10. The number of methoxy groups -OCH3 is 1. The lowest BCUT2D eigenvalue weighted by Gasteiger charge is -2.16. The normalized spacial score (nSPS) is 23.5. The van der Waals surface area contributed by atoms with Crippen LogP contribution in [0.15, 0.2) is 18.7 Å². The molecule has 0 unspecified atom stereocenters. The SMILES string of the molecule is CCn1cncc1CN1C[C@@H](OC)[C@H](c2cn[nH]n2)C1. The topological polar surface area (TPSA) is 71.9 Å². The van der Waals surface area contributed by atoms with Gasteiger partial charge in [-0.2, -0.15) is 15.4 Å². The minimum absolute atomic E-state index is 0.165. The van der Waals surface area contributed by atoms with E-state index >= 15 is 0 Å². The Balaban J connectivity index is 1.71. The molecule has 3 rings (SSSR count). The summed E-state index contributed by atoms with van der Waals surface area (Å²) in [6.07, 6.45) is 5.78. The predicted molar refractivity (Wildman–Crippen MR) is 73.1 cm³/mol. The number of aryl methyl sites for hydroxylation is 1. The number of imidazole rings is 1. The minimum Gasteiger partial charge on any atom is -0.379 e. The molecule has 1 fully saturated rings. The molecule has 2 aromatic rings. The molecule has 1 N–H and O–H groups in total. The van der Waals surface area contributed by atoms with Gasteiger partial charge in [0.1, 0.15) is 0 Å². The molecule has 0 saturated carbocycles. The maximum atomic E-state index is 5.61. The Bertz CT molecular complexity index is 537. The zero-order valence-electron chi connectivity index (χ0n) is 11.9.